The molecule has 0 aromatic carbocycles. The first-order chi connectivity index (χ1) is 7.05. The molecule has 1 unspecified atom stereocenters. The first kappa shape index (κ1) is 10.5. The van der Waals surface area contributed by atoms with Crippen LogP contribution in [0.5, 0.6) is 0 Å². The quantitative estimate of drug-likeness (QED) is 0.840. The summed E-state index contributed by atoms with van der Waals surface area (Å²) in [6.45, 7) is 1.81. The van der Waals surface area contributed by atoms with Gasteiger partial charge in [-0.25, -0.2) is 4.98 Å². The van der Waals surface area contributed by atoms with E-state index in [1.807, 2.05) is 0 Å². The average molecular weight is 216 g/mol. The zero-order valence-corrected chi connectivity index (χ0v) is 8.59. The van der Waals surface area contributed by atoms with Crippen molar-refractivity contribution in [2.75, 3.05) is 6.54 Å². The Morgan fingerprint density at radius 3 is 3.00 bits per heavy atom. The van der Waals surface area contributed by atoms with E-state index in [4.69, 9.17) is 4.42 Å². The molecular weight excluding hydrogens is 202 g/mol. The van der Waals surface area contributed by atoms with Crippen LogP contribution in [0.25, 0.3) is 0 Å². The second-order valence-electron chi connectivity index (χ2n) is 4.01. The van der Waals surface area contributed by atoms with E-state index in [0.29, 0.717) is 18.4 Å². The van der Waals surface area contributed by atoms with E-state index < -0.39 is 5.92 Å². The number of alkyl halides is 2. The van der Waals surface area contributed by atoms with Crippen LogP contribution in [0.4, 0.5) is 8.78 Å². The first-order valence-corrected chi connectivity index (χ1v) is 5.12. The van der Waals surface area contributed by atoms with E-state index in [2.05, 4.69) is 10.3 Å². The standard InChI is InChI=1S/C10H14F2N2O/c1-10(11,12)8-6-15-9(14-8)5-7-3-2-4-13-7/h6-7,13H,2-5H2,1H3. The summed E-state index contributed by atoms with van der Waals surface area (Å²) in [4.78, 5) is 3.79. The van der Waals surface area contributed by atoms with Crippen molar-refractivity contribution >= 4 is 0 Å². The Morgan fingerprint density at radius 1 is 1.67 bits per heavy atom. The normalized spacial score (nSPS) is 22.2. The summed E-state index contributed by atoms with van der Waals surface area (Å²) < 4.78 is 30.7. The summed E-state index contributed by atoms with van der Waals surface area (Å²) in [7, 11) is 0. The third-order valence-electron chi connectivity index (χ3n) is 2.58. The fraction of sp³-hybridized carbons (Fsp3) is 0.700. The van der Waals surface area contributed by atoms with Crippen molar-refractivity contribution in [3.63, 3.8) is 0 Å². The number of halogens is 2. The molecule has 1 aromatic heterocycles. The van der Waals surface area contributed by atoms with Gasteiger partial charge in [-0.05, 0) is 19.4 Å². The van der Waals surface area contributed by atoms with Gasteiger partial charge in [0.25, 0.3) is 5.92 Å². The van der Waals surface area contributed by atoms with Crippen molar-refractivity contribution in [1.29, 1.82) is 0 Å². The number of aromatic nitrogens is 1. The smallest absolute Gasteiger partial charge is 0.290 e. The Morgan fingerprint density at radius 2 is 2.47 bits per heavy atom. The molecule has 1 aromatic rings. The van der Waals surface area contributed by atoms with E-state index in [1.54, 1.807) is 0 Å². The molecule has 5 heteroatoms. The Labute approximate surface area is 86.9 Å². The molecule has 0 radical (unpaired) electrons. The first-order valence-electron chi connectivity index (χ1n) is 5.12. The number of hydrogen-bond donors (Lipinski definition) is 1. The molecule has 84 valence electrons. The minimum Gasteiger partial charge on any atom is -0.448 e. The van der Waals surface area contributed by atoms with Gasteiger partial charge >= 0.3 is 0 Å². The lowest BCUT2D eigenvalue weighted by atomic mass is 10.1. The highest BCUT2D eigenvalue weighted by Crippen LogP contribution is 2.26. The van der Waals surface area contributed by atoms with Crippen LogP contribution in [0.15, 0.2) is 10.7 Å². The van der Waals surface area contributed by atoms with Crippen molar-refractivity contribution in [1.82, 2.24) is 10.3 Å². The van der Waals surface area contributed by atoms with Crippen molar-refractivity contribution in [2.45, 2.75) is 38.2 Å². The van der Waals surface area contributed by atoms with Crippen LogP contribution >= 0.6 is 0 Å². The van der Waals surface area contributed by atoms with E-state index in [9.17, 15) is 8.78 Å². The van der Waals surface area contributed by atoms with Crippen LogP contribution in [0, 0.1) is 0 Å². The Hall–Kier alpha value is -0.970. The Bertz CT molecular complexity index is 326. The van der Waals surface area contributed by atoms with Crippen LogP contribution in [0.1, 0.15) is 31.4 Å². The van der Waals surface area contributed by atoms with E-state index in [1.165, 1.54) is 0 Å². The fourth-order valence-electron chi connectivity index (χ4n) is 1.75. The summed E-state index contributed by atoms with van der Waals surface area (Å²) in [6.07, 6.45) is 3.82. The minimum atomic E-state index is -2.91. The van der Waals surface area contributed by atoms with Crippen LogP contribution in [0.2, 0.25) is 0 Å². The molecule has 1 aliphatic rings. The zero-order chi connectivity index (χ0) is 10.9. The molecular formula is C10H14F2N2O. The van der Waals surface area contributed by atoms with E-state index in [0.717, 1.165) is 32.6 Å². The molecule has 2 rings (SSSR count). The molecule has 3 nitrogen and oxygen atoms in total. The van der Waals surface area contributed by atoms with Gasteiger partial charge in [0.1, 0.15) is 12.0 Å². The van der Waals surface area contributed by atoms with Gasteiger partial charge in [-0.2, -0.15) is 8.78 Å². The number of oxazole rings is 1. The lowest BCUT2D eigenvalue weighted by molar-refractivity contribution is 0.0126. The molecule has 2 heterocycles. The second kappa shape index (κ2) is 3.89. The van der Waals surface area contributed by atoms with Crippen molar-refractivity contribution in [3.8, 4) is 0 Å². The van der Waals surface area contributed by atoms with Crippen LogP contribution in [-0.2, 0) is 12.3 Å². The molecule has 0 aliphatic carbocycles. The van der Waals surface area contributed by atoms with Gasteiger partial charge in [0.2, 0.25) is 0 Å². The molecule has 1 N–H and O–H groups in total. The van der Waals surface area contributed by atoms with Gasteiger partial charge in [-0.15, -0.1) is 0 Å². The molecule has 1 fully saturated rings. The molecule has 0 spiro atoms. The highest BCUT2D eigenvalue weighted by Gasteiger charge is 2.29. The molecule has 0 saturated carbocycles. The Kier molecular flexibility index (Phi) is 2.73. The summed E-state index contributed by atoms with van der Waals surface area (Å²) in [5, 5.41) is 3.27. The minimum absolute atomic E-state index is 0.282. The van der Waals surface area contributed by atoms with Crippen LogP contribution in [0.3, 0.4) is 0 Å². The van der Waals surface area contributed by atoms with Gasteiger partial charge in [-0.3, -0.25) is 0 Å². The highest BCUT2D eigenvalue weighted by atomic mass is 19.3. The molecule has 0 amide bonds. The predicted octanol–water partition coefficient (Wildman–Crippen LogP) is 2.08. The van der Waals surface area contributed by atoms with Gasteiger partial charge in [-0.1, -0.05) is 0 Å². The van der Waals surface area contributed by atoms with Crippen molar-refractivity contribution < 1.29 is 13.2 Å². The second-order valence-corrected chi connectivity index (χ2v) is 4.01. The fourth-order valence-corrected chi connectivity index (χ4v) is 1.75. The highest BCUT2D eigenvalue weighted by molar-refractivity contribution is 5.04. The summed E-state index contributed by atoms with van der Waals surface area (Å²) in [5.41, 5.74) is -0.282. The third-order valence-corrected chi connectivity index (χ3v) is 2.58. The SMILES string of the molecule is CC(F)(F)c1coc(CC2CCCN2)n1. The predicted molar refractivity (Wildman–Crippen MR) is 50.8 cm³/mol. The molecule has 1 aliphatic heterocycles. The maximum atomic E-state index is 12.8. The maximum Gasteiger partial charge on any atom is 0.290 e. The van der Waals surface area contributed by atoms with Gasteiger partial charge < -0.3 is 9.73 Å². The third kappa shape index (κ3) is 2.53. The monoisotopic (exact) mass is 216 g/mol. The van der Waals surface area contributed by atoms with E-state index in [-0.39, 0.29) is 5.69 Å². The molecule has 15 heavy (non-hydrogen) atoms. The summed E-state index contributed by atoms with van der Waals surface area (Å²) >= 11 is 0. The summed E-state index contributed by atoms with van der Waals surface area (Å²) in [6, 6.07) is 0.321. The lowest BCUT2D eigenvalue weighted by Gasteiger charge is -2.06. The van der Waals surface area contributed by atoms with E-state index >= 15 is 0 Å². The summed E-state index contributed by atoms with van der Waals surface area (Å²) in [5.74, 6) is -2.52. The molecule has 1 atom stereocenters. The zero-order valence-electron chi connectivity index (χ0n) is 8.59. The Balaban J connectivity index is 2.00. The van der Waals surface area contributed by atoms with Gasteiger partial charge in [0.05, 0.1) is 0 Å². The van der Waals surface area contributed by atoms with Crippen LogP contribution in [-0.4, -0.2) is 17.6 Å². The lowest BCUT2D eigenvalue weighted by Crippen LogP contribution is -2.23. The van der Waals surface area contributed by atoms with Gasteiger partial charge in [0.15, 0.2) is 5.89 Å². The van der Waals surface area contributed by atoms with Crippen LogP contribution < -0.4 is 5.32 Å². The molecule has 0 bridgehead atoms. The van der Waals surface area contributed by atoms with Crippen molar-refractivity contribution in [3.05, 3.63) is 17.8 Å². The number of nitrogens with zero attached hydrogens (tertiary/aromatic N) is 1. The average Bonchev–Trinajstić information content (AvgIpc) is 2.73. The molecule has 1 saturated heterocycles. The number of rotatable bonds is 3. The maximum absolute atomic E-state index is 12.8. The van der Waals surface area contributed by atoms with Crippen molar-refractivity contribution in [2.24, 2.45) is 0 Å². The van der Waals surface area contributed by atoms with Gasteiger partial charge in [0, 0.05) is 19.4 Å². The number of hydrogen-bond acceptors (Lipinski definition) is 3. The number of nitrogens with one attached hydrogen (secondary N) is 1. The largest absolute Gasteiger partial charge is 0.448 e. The topological polar surface area (TPSA) is 38.1 Å².